The van der Waals surface area contributed by atoms with E-state index in [0.29, 0.717) is 18.7 Å². The zero-order chi connectivity index (χ0) is 22.6. The average Bonchev–Trinajstić information content (AvgIpc) is 2.74. The molecule has 0 spiro atoms. The lowest BCUT2D eigenvalue weighted by Gasteiger charge is -2.15. The van der Waals surface area contributed by atoms with Gasteiger partial charge in [0.25, 0.3) is 5.56 Å². The van der Waals surface area contributed by atoms with E-state index in [9.17, 15) is 18.0 Å². The second-order valence-corrected chi connectivity index (χ2v) is 6.81. The maximum absolute atomic E-state index is 12.9. The Kier molecular flexibility index (Phi) is 6.51. The molecule has 6 nitrogen and oxygen atoms in total. The van der Waals surface area contributed by atoms with E-state index in [-0.39, 0.29) is 22.4 Å². The first-order valence-corrected chi connectivity index (χ1v) is 9.34. The van der Waals surface area contributed by atoms with Gasteiger partial charge in [-0.25, -0.2) is 11.6 Å². The van der Waals surface area contributed by atoms with Crippen LogP contribution < -0.4 is 15.6 Å². The van der Waals surface area contributed by atoms with E-state index in [0.717, 1.165) is 23.8 Å². The lowest BCUT2D eigenvalue weighted by molar-refractivity contribution is -0.137. The molecule has 10 heteroatoms. The number of benzene rings is 2. The van der Waals surface area contributed by atoms with Gasteiger partial charge in [0.05, 0.1) is 24.6 Å². The lowest BCUT2D eigenvalue weighted by Crippen LogP contribution is -2.22. The summed E-state index contributed by atoms with van der Waals surface area (Å²) in [6, 6.07) is 9.86. The van der Waals surface area contributed by atoms with Crippen LogP contribution in [0, 0.1) is 6.57 Å². The van der Waals surface area contributed by atoms with Crippen LogP contribution in [0.4, 0.5) is 24.7 Å². The number of methoxy groups -OCH3 is 1. The third-order valence-electron chi connectivity index (χ3n) is 4.38. The molecule has 0 aliphatic heterocycles. The van der Waals surface area contributed by atoms with Gasteiger partial charge in [0.2, 0.25) is 6.54 Å². The van der Waals surface area contributed by atoms with Crippen molar-refractivity contribution in [1.82, 2.24) is 9.55 Å². The van der Waals surface area contributed by atoms with Gasteiger partial charge in [-0.15, -0.1) is 0 Å². The summed E-state index contributed by atoms with van der Waals surface area (Å²) >= 11 is 6.07. The van der Waals surface area contributed by atoms with Gasteiger partial charge in [0.1, 0.15) is 10.9 Å². The molecule has 0 saturated heterocycles. The highest BCUT2D eigenvalue weighted by Crippen LogP contribution is 2.35. The first-order valence-electron chi connectivity index (χ1n) is 8.97. The van der Waals surface area contributed by atoms with Gasteiger partial charge in [0.15, 0.2) is 5.82 Å². The standard InChI is InChI=1S/C21H16ClF3N4O2/c1-26-10-9-13-3-6-15(7-4-13)29-12-18(22)28-19(20(29)30)27-16-8-5-14(21(23,24)25)11-17(16)31-2/h3-8,11-12H,9-10H2,2H3,(H,27,28). The lowest BCUT2D eigenvalue weighted by atomic mass is 10.1. The van der Waals surface area contributed by atoms with E-state index >= 15 is 0 Å². The third kappa shape index (κ3) is 5.16. The minimum Gasteiger partial charge on any atom is -0.495 e. The number of halogens is 4. The molecule has 31 heavy (non-hydrogen) atoms. The van der Waals surface area contributed by atoms with Gasteiger partial charge in [-0.1, -0.05) is 23.7 Å². The molecule has 0 radical (unpaired) electrons. The van der Waals surface area contributed by atoms with Crippen molar-refractivity contribution in [3.8, 4) is 11.4 Å². The molecule has 3 aromatic rings. The molecule has 2 aromatic carbocycles. The van der Waals surface area contributed by atoms with Gasteiger partial charge in [-0.2, -0.15) is 13.2 Å². The minimum atomic E-state index is -4.53. The number of anilines is 2. The van der Waals surface area contributed by atoms with Crippen molar-refractivity contribution in [3.63, 3.8) is 0 Å². The molecule has 0 unspecified atom stereocenters. The van der Waals surface area contributed by atoms with Crippen molar-refractivity contribution >= 4 is 23.1 Å². The number of rotatable bonds is 6. The zero-order valence-corrected chi connectivity index (χ0v) is 17.0. The molecule has 0 bridgehead atoms. The summed E-state index contributed by atoms with van der Waals surface area (Å²) in [5.74, 6) is -0.283. The van der Waals surface area contributed by atoms with Crippen molar-refractivity contribution in [1.29, 1.82) is 0 Å². The first-order chi connectivity index (χ1) is 14.7. The fourth-order valence-corrected chi connectivity index (χ4v) is 3.02. The quantitative estimate of drug-likeness (QED) is 0.532. The Hall–Kier alpha value is -3.51. The maximum atomic E-state index is 12.9. The van der Waals surface area contributed by atoms with Gasteiger partial charge >= 0.3 is 6.18 Å². The van der Waals surface area contributed by atoms with Crippen LogP contribution in [0.25, 0.3) is 10.5 Å². The molecule has 3 rings (SSSR count). The summed E-state index contributed by atoms with van der Waals surface area (Å²) in [6.45, 7) is 7.22. The molecule has 0 saturated carbocycles. The molecule has 1 heterocycles. The first kappa shape index (κ1) is 22.2. The Balaban J connectivity index is 1.97. The maximum Gasteiger partial charge on any atom is 0.416 e. The van der Waals surface area contributed by atoms with Gasteiger partial charge in [0, 0.05) is 12.1 Å². The average molecular weight is 449 g/mol. The van der Waals surface area contributed by atoms with E-state index in [1.807, 2.05) is 0 Å². The topological polar surface area (TPSA) is 60.5 Å². The highest BCUT2D eigenvalue weighted by molar-refractivity contribution is 6.29. The number of aromatic nitrogens is 2. The Morgan fingerprint density at radius 1 is 1.23 bits per heavy atom. The Labute approximate surface area is 180 Å². The predicted molar refractivity (Wildman–Crippen MR) is 111 cm³/mol. The zero-order valence-electron chi connectivity index (χ0n) is 16.2. The van der Waals surface area contributed by atoms with E-state index in [4.69, 9.17) is 22.9 Å². The van der Waals surface area contributed by atoms with E-state index in [1.165, 1.54) is 17.9 Å². The Morgan fingerprint density at radius 2 is 1.94 bits per heavy atom. The molecule has 0 amide bonds. The summed E-state index contributed by atoms with van der Waals surface area (Å²) in [5, 5.41) is 2.71. The number of nitrogens with one attached hydrogen (secondary N) is 1. The number of hydrogen-bond acceptors (Lipinski definition) is 4. The predicted octanol–water partition coefficient (Wildman–Crippen LogP) is 5.12. The number of ether oxygens (including phenoxy) is 1. The van der Waals surface area contributed by atoms with Crippen LogP contribution in [0.15, 0.2) is 53.5 Å². The molecular weight excluding hydrogens is 433 g/mol. The summed E-state index contributed by atoms with van der Waals surface area (Å²) in [4.78, 5) is 20.2. The highest BCUT2D eigenvalue weighted by atomic mass is 35.5. The minimum absolute atomic E-state index is 0.00469. The molecule has 160 valence electrons. The van der Waals surface area contributed by atoms with Crippen LogP contribution in [0.3, 0.4) is 0 Å². The molecule has 1 aromatic heterocycles. The summed E-state index contributed by atoms with van der Waals surface area (Å²) in [7, 11) is 1.22. The molecule has 0 aliphatic rings. The van der Waals surface area contributed by atoms with Gasteiger partial charge in [-0.05, 0) is 35.9 Å². The largest absolute Gasteiger partial charge is 0.495 e. The van der Waals surface area contributed by atoms with Crippen molar-refractivity contribution in [2.45, 2.75) is 12.6 Å². The van der Waals surface area contributed by atoms with Crippen molar-refractivity contribution < 1.29 is 17.9 Å². The molecule has 1 N–H and O–H groups in total. The van der Waals surface area contributed by atoms with Crippen LogP contribution in [-0.2, 0) is 12.6 Å². The monoisotopic (exact) mass is 448 g/mol. The fourth-order valence-electron chi connectivity index (χ4n) is 2.84. The van der Waals surface area contributed by atoms with Crippen LogP contribution in [0.5, 0.6) is 5.75 Å². The van der Waals surface area contributed by atoms with E-state index in [1.54, 1.807) is 24.3 Å². The van der Waals surface area contributed by atoms with Crippen LogP contribution in [0.1, 0.15) is 11.1 Å². The van der Waals surface area contributed by atoms with E-state index in [2.05, 4.69) is 15.1 Å². The smallest absolute Gasteiger partial charge is 0.416 e. The summed E-state index contributed by atoms with van der Waals surface area (Å²) in [6.07, 6.45) is -2.60. The number of alkyl halides is 3. The van der Waals surface area contributed by atoms with Crippen molar-refractivity contribution in [2.75, 3.05) is 19.0 Å². The van der Waals surface area contributed by atoms with Gasteiger partial charge in [-0.3, -0.25) is 9.36 Å². The molecule has 0 fully saturated rings. The normalized spacial score (nSPS) is 11.1. The summed E-state index contributed by atoms with van der Waals surface area (Å²) < 4.78 is 45.1. The highest BCUT2D eigenvalue weighted by Gasteiger charge is 2.31. The second-order valence-electron chi connectivity index (χ2n) is 6.42. The molecule has 0 atom stereocenters. The molecular formula is C21H16ClF3N4O2. The van der Waals surface area contributed by atoms with Crippen LogP contribution >= 0.6 is 11.6 Å². The Bertz CT molecular complexity index is 1190. The third-order valence-corrected chi connectivity index (χ3v) is 4.57. The summed E-state index contributed by atoms with van der Waals surface area (Å²) in [5.41, 5.74) is 0.150. The molecule has 0 aliphatic carbocycles. The Morgan fingerprint density at radius 3 is 2.55 bits per heavy atom. The number of nitrogens with zero attached hydrogens (tertiary/aromatic N) is 3. The van der Waals surface area contributed by atoms with Crippen molar-refractivity contribution in [3.05, 3.63) is 86.7 Å². The van der Waals surface area contributed by atoms with Crippen molar-refractivity contribution in [2.24, 2.45) is 0 Å². The second kappa shape index (κ2) is 9.10. The van der Waals surface area contributed by atoms with Gasteiger partial charge < -0.3 is 14.9 Å². The van der Waals surface area contributed by atoms with Crippen LogP contribution in [-0.4, -0.2) is 23.2 Å². The fraction of sp³-hybridized carbons (Fsp3) is 0.190. The van der Waals surface area contributed by atoms with E-state index < -0.39 is 17.3 Å². The number of hydrogen-bond donors (Lipinski definition) is 1. The SMILES string of the molecule is [C-]#[N+]CCc1ccc(-n2cc(Cl)nc(Nc3ccc(C(F)(F)F)cc3OC)c2=O)cc1. The van der Waals surface area contributed by atoms with Crippen LogP contribution in [0.2, 0.25) is 5.15 Å².